The van der Waals surface area contributed by atoms with E-state index in [1.807, 2.05) is 31.2 Å². The second-order valence-electron chi connectivity index (χ2n) is 14.7. The van der Waals surface area contributed by atoms with E-state index in [4.69, 9.17) is 34.0 Å². The van der Waals surface area contributed by atoms with Crippen LogP contribution in [0.1, 0.15) is 149 Å². The average molecular weight is 802 g/mol. The number of ether oxygens (including phenoxy) is 2. The van der Waals surface area contributed by atoms with Crippen LogP contribution in [0.4, 0.5) is 0 Å². The smallest absolute Gasteiger partial charge is 0.462 e. The Morgan fingerprint density at radius 1 is 0.818 bits per heavy atom. The summed E-state index contributed by atoms with van der Waals surface area (Å²) in [4.78, 5) is 50.7. The molecule has 0 radical (unpaired) electrons. The zero-order valence-electron chi connectivity index (χ0n) is 33.6. The van der Waals surface area contributed by atoms with Crippen LogP contribution >= 0.6 is 7.82 Å². The molecule has 1 saturated carbocycles. The Kier molecular flexibility index (Phi) is 27.8. The first-order valence-electron chi connectivity index (χ1n) is 21.0. The SMILES string of the molecule is CC/C=C\CC(/C=C/C1C2CC(OO2)C1C/C=C\CCCC(=O)OC(COC(=O)CCCCCCCCCCCCCCC)COP(=O)(O)OCCN)OO. The molecular formula is C41H72NO12P. The monoisotopic (exact) mass is 801 g/mol. The van der Waals surface area contributed by atoms with Crippen molar-refractivity contribution >= 4 is 19.8 Å². The number of hydrogen-bond acceptors (Lipinski definition) is 12. The number of carbonyl (C=O) groups is 2. The van der Waals surface area contributed by atoms with E-state index in [1.165, 1.54) is 57.8 Å². The molecule has 1 saturated heterocycles. The van der Waals surface area contributed by atoms with Gasteiger partial charge in [0.15, 0.2) is 6.10 Å². The minimum absolute atomic E-state index is 0.00897. The predicted molar refractivity (Wildman–Crippen MR) is 212 cm³/mol. The van der Waals surface area contributed by atoms with Crippen molar-refractivity contribution in [3.63, 3.8) is 0 Å². The lowest BCUT2D eigenvalue weighted by Crippen LogP contribution is -2.29. The first-order valence-corrected chi connectivity index (χ1v) is 22.5. The van der Waals surface area contributed by atoms with Crippen LogP contribution in [-0.2, 0) is 47.3 Å². The van der Waals surface area contributed by atoms with E-state index in [0.29, 0.717) is 25.7 Å². The third-order valence-electron chi connectivity index (χ3n) is 9.96. The standard InChI is InChI=1S/C41H72NO12P/c1-3-5-7-8-9-10-11-12-13-14-15-16-21-25-40(43)48-32-35(33-50-55(46,47)49-30-29-42)51-41(44)26-22-18-17-20-24-36-37(39-31-38(36)53-54-39)28-27-34(52-45)23-19-6-4-2/h6,17,19-20,27-28,34-39,45H,3-5,7-16,18,21-26,29-33,42H2,1-2H3,(H,46,47)/b19-6-,20-17-,28-27+. The molecule has 2 rings (SSSR count). The van der Waals surface area contributed by atoms with E-state index in [9.17, 15) is 24.3 Å². The van der Waals surface area contributed by atoms with Gasteiger partial charge in [-0.25, -0.2) is 19.2 Å². The number of allylic oxidation sites excluding steroid dienone is 3. The Balaban J connectivity index is 1.71. The summed E-state index contributed by atoms with van der Waals surface area (Å²) < 4.78 is 32.8. The molecule has 14 heteroatoms. The summed E-state index contributed by atoms with van der Waals surface area (Å²) in [5.74, 6) is -0.616. The number of carbonyl (C=O) groups excluding carboxylic acids is 2. The van der Waals surface area contributed by atoms with Gasteiger partial charge >= 0.3 is 19.8 Å². The van der Waals surface area contributed by atoms with Gasteiger partial charge < -0.3 is 20.1 Å². The van der Waals surface area contributed by atoms with Gasteiger partial charge in [-0.3, -0.25) is 23.9 Å². The maximum absolute atomic E-state index is 12.7. The van der Waals surface area contributed by atoms with Crippen LogP contribution in [0.2, 0.25) is 0 Å². The third kappa shape index (κ3) is 23.2. The maximum Gasteiger partial charge on any atom is 0.472 e. The molecule has 0 aromatic rings. The van der Waals surface area contributed by atoms with Gasteiger partial charge in [-0.1, -0.05) is 127 Å². The summed E-state index contributed by atoms with van der Waals surface area (Å²) in [6.07, 6.45) is 30.7. The molecule has 1 heterocycles. The van der Waals surface area contributed by atoms with Crippen LogP contribution in [0, 0.1) is 11.8 Å². The highest BCUT2D eigenvalue weighted by Gasteiger charge is 2.49. The van der Waals surface area contributed by atoms with Crippen molar-refractivity contribution in [2.45, 2.75) is 173 Å². The summed E-state index contributed by atoms with van der Waals surface area (Å²) in [5.41, 5.74) is 5.35. The van der Waals surface area contributed by atoms with Crippen LogP contribution in [0.25, 0.3) is 0 Å². The number of rotatable bonds is 35. The first-order chi connectivity index (χ1) is 26.7. The number of hydrogen-bond donors (Lipinski definition) is 3. The van der Waals surface area contributed by atoms with Crippen LogP contribution in [0.5, 0.6) is 0 Å². The van der Waals surface area contributed by atoms with E-state index in [-0.39, 0.29) is 56.6 Å². The molecule has 2 aliphatic rings. The second-order valence-corrected chi connectivity index (χ2v) is 16.1. The largest absolute Gasteiger partial charge is 0.472 e. The number of phosphoric ester groups is 1. The fraction of sp³-hybridized carbons (Fsp3) is 0.805. The molecule has 55 heavy (non-hydrogen) atoms. The molecule has 1 aliphatic carbocycles. The summed E-state index contributed by atoms with van der Waals surface area (Å²) in [6, 6.07) is 0. The lowest BCUT2D eigenvalue weighted by molar-refractivity contribution is -0.336. The van der Waals surface area contributed by atoms with E-state index in [0.717, 1.165) is 38.5 Å². The molecule has 4 N–H and O–H groups in total. The van der Waals surface area contributed by atoms with Gasteiger partial charge in [0.25, 0.3) is 0 Å². The van der Waals surface area contributed by atoms with Gasteiger partial charge in [0.05, 0.1) is 19.3 Å². The zero-order valence-corrected chi connectivity index (χ0v) is 34.5. The number of esters is 2. The molecule has 7 atom stereocenters. The van der Waals surface area contributed by atoms with E-state index >= 15 is 0 Å². The van der Waals surface area contributed by atoms with Crippen molar-refractivity contribution in [3.8, 4) is 0 Å². The molecule has 2 bridgehead atoms. The Labute approximate surface area is 330 Å². The molecule has 7 unspecified atom stereocenters. The minimum atomic E-state index is -4.43. The number of nitrogens with two attached hydrogens (primary N) is 1. The summed E-state index contributed by atoms with van der Waals surface area (Å²) >= 11 is 0. The Hall–Kier alpha value is -1.93. The highest BCUT2D eigenvalue weighted by atomic mass is 31.2. The van der Waals surface area contributed by atoms with Gasteiger partial charge in [0, 0.05) is 37.6 Å². The van der Waals surface area contributed by atoms with Gasteiger partial charge in [-0.2, -0.15) is 0 Å². The number of fused-ring (bicyclic) bond motifs is 2. The molecule has 318 valence electrons. The molecule has 1 aliphatic heterocycles. The zero-order chi connectivity index (χ0) is 40.0. The third-order valence-corrected chi connectivity index (χ3v) is 10.9. The van der Waals surface area contributed by atoms with Gasteiger partial charge in [-0.05, 0) is 38.5 Å². The van der Waals surface area contributed by atoms with Crippen LogP contribution in [0.3, 0.4) is 0 Å². The average Bonchev–Trinajstić information content (AvgIpc) is 3.79. The molecule has 0 spiro atoms. The minimum Gasteiger partial charge on any atom is -0.462 e. The van der Waals surface area contributed by atoms with Crippen molar-refractivity contribution in [3.05, 3.63) is 36.5 Å². The summed E-state index contributed by atoms with van der Waals surface area (Å²) in [6.45, 7) is 3.34. The topological polar surface area (TPSA) is 182 Å². The Morgan fingerprint density at radius 3 is 2.13 bits per heavy atom. The first kappa shape index (κ1) is 49.2. The van der Waals surface area contributed by atoms with Crippen molar-refractivity contribution < 1.29 is 57.5 Å². The molecule has 0 aromatic heterocycles. The van der Waals surface area contributed by atoms with Crippen molar-refractivity contribution in [2.24, 2.45) is 17.6 Å². The molecule has 0 aromatic carbocycles. The highest BCUT2D eigenvalue weighted by Crippen LogP contribution is 2.45. The quantitative estimate of drug-likeness (QED) is 0.0138. The van der Waals surface area contributed by atoms with Gasteiger partial charge in [0.2, 0.25) is 0 Å². The van der Waals surface area contributed by atoms with Crippen LogP contribution in [0.15, 0.2) is 36.5 Å². The second kappa shape index (κ2) is 31.1. The molecule has 2 fully saturated rings. The lowest BCUT2D eigenvalue weighted by atomic mass is 9.89. The number of phosphoric acid groups is 1. The highest BCUT2D eigenvalue weighted by molar-refractivity contribution is 7.47. The van der Waals surface area contributed by atoms with E-state index in [2.05, 4.69) is 24.0 Å². The predicted octanol–water partition coefficient (Wildman–Crippen LogP) is 9.24. The fourth-order valence-corrected chi connectivity index (χ4v) is 7.61. The van der Waals surface area contributed by atoms with Crippen LogP contribution < -0.4 is 5.73 Å². The normalized spacial score (nSPS) is 21.8. The van der Waals surface area contributed by atoms with Crippen molar-refractivity contribution in [1.82, 2.24) is 0 Å². The van der Waals surface area contributed by atoms with Crippen LogP contribution in [-0.4, -0.2) is 72.9 Å². The molecular weight excluding hydrogens is 729 g/mol. The van der Waals surface area contributed by atoms with E-state index in [1.54, 1.807) is 0 Å². The Morgan fingerprint density at radius 2 is 1.47 bits per heavy atom. The Bertz CT molecular complexity index is 1150. The van der Waals surface area contributed by atoms with Crippen molar-refractivity contribution in [2.75, 3.05) is 26.4 Å². The maximum atomic E-state index is 12.7. The summed E-state index contributed by atoms with van der Waals surface area (Å²) in [7, 11) is -4.43. The lowest BCUT2D eigenvalue weighted by Gasteiger charge is -2.27. The van der Waals surface area contributed by atoms with Gasteiger partial charge in [-0.15, -0.1) is 0 Å². The molecule has 13 nitrogen and oxygen atoms in total. The number of unbranched alkanes of at least 4 members (excludes halogenated alkanes) is 13. The van der Waals surface area contributed by atoms with E-state index < -0.39 is 38.6 Å². The molecule has 0 amide bonds. The van der Waals surface area contributed by atoms with Gasteiger partial charge in [0.1, 0.15) is 18.8 Å². The fourth-order valence-electron chi connectivity index (χ4n) is 6.85. The summed E-state index contributed by atoms with van der Waals surface area (Å²) in [5, 5.41) is 9.29. The van der Waals surface area contributed by atoms with Crippen molar-refractivity contribution in [1.29, 1.82) is 0 Å².